The Morgan fingerprint density at radius 3 is 2.48 bits per heavy atom. The molecule has 2 aromatic heterocycles. The van der Waals surface area contributed by atoms with E-state index in [9.17, 15) is 14.4 Å². The van der Waals surface area contributed by atoms with Gasteiger partial charge in [-0.2, -0.15) is 5.10 Å². The molecule has 3 aromatic rings. The Balaban J connectivity index is 1.49. The summed E-state index contributed by atoms with van der Waals surface area (Å²) in [5.74, 6) is -0.665. The van der Waals surface area contributed by atoms with Crippen LogP contribution in [-0.4, -0.2) is 44.9 Å². The number of aryl methyl sites for hydroxylation is 2. The number of benzene rings is 1. The molecule has 0 saturated carbocycles. The third-order valence-corrected chi connectivity index (χ3v) is 6.84. The van der Waals surface area contributed by atoms with Gasteiger partial charge in [0.25, 0.3) is 0 Å². The molecular formula is C21H24N6O4S2. The summed E-state index contributed by atoms with van der Waals surface area (Å²) >= 11 is 2.83. The van der Waals surface area contributed by atoms with Gasteiger partial charge < -0.3 is 15.4 Å². The Bertz CT molecular complexity index is 1170. The SMILES string of the molecule is COC(=O)c1nn(C)c(C)c1NC(=O)CCC(=O)Nc1nnc(SCc2ccccc2C)s1. The molecule has 0 aliphatic rings. The average molecular weight is 489 g/mol. The first-order chi connectivity index (χ1) is 15.8. The lowest BCUT2D eigenvalue weighted by Gasteiger charge is -2.06. The quantitative estimate of drug-likeness (QED) is 0.267. The molecule has 0 aliphatic carbocycles. The normalized spacial score (nSPS) is 10.7. The van der Waals surface area contributed by atoms with E-state index in [1.165, 1.54) is 34.3 Å². The zero-order valence-electron chi connectivity index (χ0n) is 18.7. The van der Waals surface area contributed by atoms with Crippen molar-refractivity contribution in [3.05, 3.63) is 46.8 Å². The third kappa shape index (κ3) is 6.39. The summed E-state index contributed by atoms with van der Waals surface area (Å²) < 4.78 is 6.91. The fourth-order valence-electron chi connectivity index (χ4n) is 2.84. The van der Waals surface area contributed by atoms with Gasteiger partial charge in [-0.1, -0.05) is 47.4 Å². The minimum Gasteiger partial charge on any atom is -0.464 e. The predicted octanol–water partition coefficient (Wildman–Crippen LogP) is 3.32. The number of nitrogens with one attached hydrogen (secondary N) is 2. The molecule has 0 bridgehead atoms. The highest BCUT2D eigenvalue weighted by Gasteiger charge is 2.22. The van der Waals surface area contributed by atoms with Crippen molar-refractivity contribution in [2.75, 3.05) is 17.7 Å². The van der Waals surface area contributed by atoms with Gasteiger partial charge in [0.2, 0.25) is 16.9 Å². The molecule has 2 N–H and O–H groups in total. The maximum Gasteiger partial charge on any atom is 0.360 e. The number of rotatable bonds is 9. The van der Waals surface area contributed by atoms with Gasteiger partial charge in [-0.25, -0.2) is 4.79 Å². The third-order valence-electron chi connectivity index (χ3n) is 4.82. The van der Waals surface area contributed by atoms with Gasteiger partial charge in [-0.3, -0.25) is 14.3 Å². The van der Waals surface area contributed by atoms with E-state index in [4.69, 9.17) is 4.74 Å². The number of anilines is 2. The molecule has 0 unspecified atom stereocenters. The Kier molecular flexibility index (Phi) is 8.17. The monoisotopic (exact) mass is 488 g/mol. The number of hydrogen-bond acceptors (Lipinski definition) is 9. The first-order valence-corrected chi connectivity index (χ1v) is 11.8. The van der Waals surface area contributed by atoms with E-state index in [2.05, 4.69) is 45.0 Å². The Morgan fingerprint density at radius 1 is 1.09 bits per heavy atom. The summed E-state index contributed by atoms with van der Waals surface area (Å²) in [6.07, 6.45) is -0.127. The van der Waals surface area contributed by atoms with Gasteiger partial charge in [0.15, 0.2) is 10.0 Å². The van der Waals surface area contributed by atoms with Gasteiger partial charge in [0.05, 0.1) is 18.5 Å². The van der Waals surface area contributed by atoms with E-state index in [1.54, 1.807) is 25.7 Å². The van der Waals surface area contributed by atoms with Gasteiger partial charge in [-0.15, -0.1) is 10.2 Å². The highest BCUT2D eigenvalue weighted by Crippen LogP contribution is 2.29. The van der Waals surface area contributed by atoms with Gasteiger partial charge in [-0.05, 0) is 25.0 Å². The van der Waals surface area contributed by atoms with Crippen LogP contribution in [0.5, 0.6) is 0 Å². The van der Waals surface area contributed by atoms with Crippen molar-refractivity contribution in [3.63, 3.8) is 0 Å². The number of aromatic nitrogens is 4. The topological polar surface area (TPSA) is 128 Å². The van der Waals surface area contributed by atoms with Crippen molar-refractivity contribution in [2.45, 2.75) is 36.8 Å². The van der Waals surface area contributed by atoms with Crippen molar-refractivity contribution in [1.29, 1.82) is 0 Å². The molecule has 0 spiro atoms. The molecule has 0 radical (unpaired) electrons. The average Bonchev–Trinajstić information content (AvgIpc) is 3.36. The zero-order valence-corrected chi connectivity index (χ0v) is 20.3. The lowest BCUT2D eigenvalue weighted by Crippen LogP contribution is -2.18. The van der Waals surface area contributed by atoms with E-state index in [1.807, 2.05) is 12.1 Å². The van der Waals surface area contributed by atoms with Crippen molar-refractivity contribution >= 4 is 51.7 Å². The van der Waals surface area contributed by atoms with Crippen molar-refractivity contribution in [2.24, 2.45) is 7.05 Å². The Labute approximate surface area is 199 Å². The summed E-state index contributed by atoms with van der Waals surface area (Å²) in [5, 5.41) is 17.8. The lowest BCUT2D eigenvalue weighted by atomic mass is 10.1. The molecule has 0 saturated heterocycles. The molecule has 1 aromatic carbocycles. The minimum absolute atomic E-state index is 0.0138. The summed E-state index contributed by atoms with van der Waals surface area (Å²) in [6.45, 7) is 3.77. The molecule has 0 aliphatic heterocycles. The number of ether oxygens (including phenoxy) is 1. The molecule has 2 heterocycles. The fraction of sp³-hybridized carbons (Fsp3) is 0.333. The van der Waals surface area contributed by atoms with Crippen LogP contribution in [0, 0.1) is 13.8 Å². The van der Waals surface area contributed by atoms with E-state index in [-0.39, 0.29) is 30.1 Å². The molecular weight excluding hydrogens is 464 g/mol. The number of methoxy groups -OCH3 is 1. The number of carbonyl (C=O) groups excluding carboxylic acids is 3. The molecule has 0 fully saturated rings. The summed E-state index contributed by atoms with van der Waals surface area (Å²) in [5.41, 5.74) is 3.31. The lowest BCUT2D eigenvalue weighted by molar-refractivity contribution is -0.121. The van der Waals surface area contributed by atoms with E-state index >= 15 is 0 Å². The second-order valence-corrected chi connectivity index (χ2v) is 9.31. The van der Waals surface area contributed by atoms with Crippen molar-refractivity contribution in [1.82, 2.24) is 20.0 Å². The summed E-state index contributed by atoms with van der Waals surface area (Å²) in [4.78, 5) is 36.5. The molecule has 3 rings (SSSR count). The van der Waals surface area contributed by atoms with Crippen LogP contribution in [0.1, 0.15) is 40.2 Å². The maximum atomic E-state index is 12.3. The highest BCUT2D eigenvalue weighted by atomic mass is 32.2. The van der Waals surface area contributed by atoms with E-state index in [0.29, 0.717) is 10.8 Å². The number of nitrogens with zero attached hydrogens (tertiary/aromatic N) is 4. The Hall–Kier alpha value is -3.25. The van der Waals surface area contributed by atoms with Crippen LogP contribution in [0.25, 0.3) is 0 Å². The van der Waals surface area contributed by atoms with Gasteiger partial charge in [0.1, 0.15) is 0 Å². The first kappa shape index (κ1) is 24.4. The van der Waals surface area contributed by atoms with Crippen LogP contribution in [-0.2, 0) is 27.1 Å². The number of esters is 1. The van der Waals surface area contributed by atoms with Crippen molar-refractivity contribution in [3.8, 4) is 0 Å². The number of hydrogen-bond donors (Lipinski definition) is 2. The number of amides is 2. The fourth-order valence-corrected chi connectivity index (χ4v) is 4.68. The van der Waals surface area contributed by atoms with E-state index in [0.717, 1.165) is 10.1 Å². The zero-order chi connectivity index (χ0) is 24.0. The smallest absolute Gasteiger partial charge is 0.360 e. The van der Waals surface area contributed by atoms with Crippen LogP contribution in [0.15, 0.2) is 28.6 Å². The van der Waals surface area contributed by atoms with E-state index < -0.39 is 11.9 Å². The molecule has 2 amide bonds. The summed E-state index contributed by atoms with van der Waals surface area (Å²) in [6, 6.07) is 8.12. The van der Waals surface area contributed by atoms with Crippen LogP contribution in [0.4, 0.5) is 10.8 Å². The molecule has 10 nitrogen and oxygen atoms in total. The second kappa shape index (κ2) is 11.1. The molecule has 33 heavy (non-hydrogen) atoms. The van der Waals surface area contributed by atoms with Gasteiger partial charge >= 0.3 is 5.97 Å². The van der Waals surface area contributed by atoms with Gasteiger partial charge in [0, 0.05) is 25.6 Å². The Morgan fingerprint density at radius 2 is 1.79 bits per heavy atom. The van der Waals surface area contributed by atoms with Crippen LogP contribution < -0.4 is 10.6 Å². The molecule has 12 heteroatoms. The minimum atomic E-state index is -0.654. The summed E-state index contributed by atoms with van der Waals surface area (Å²) in [7, 11) is 2.89. The van der Waals surface area contributed by atoms with Crippen LogP contribution in [0.2, 0.25) is 0 Å². The van der Waals surface area contributed by atoms with Crippen LogP contribution >= 0.6 is 23.1 Å². The highest BCUT2D eigenvalue weighted by molar-refractivity contribution is 8.00. The predicted molar refractivity (Wildman–Crippen MR) is 126 cm³/mol. The number of thioether (sulfide) groups is 1. The largest absolute Gasteiger partial charge is 0.464 e. The second-order valence-electron chi connectivity index (χ2n) is 7.11. The van der Waals surface area contributed by atoms with Crippen molar-refractivity contribution < 1.29 is 19.1 Å². The first-order valence-electron chi connectivity index (χ1n) is 10.0. The number of carbonyl (C=O) groups is 3. The maximum absolute atomic E-state index is 12.3. The molecule has 174 valence electrons. The standard InChI is InChI=1S/C21H24N6O4S2/c1-12-7-5-6-8-14(12)11-32-21-25-24-20(33-21)23-16(29)10-9-15(28)22-17-13(2)27(3)26-18(17)19(30)31-4/h5-8H,9-11H2,1-4H3,(H,22,28)(H,23,24,29). The van der Waals surface area contributed by atoms with Crippen LogP contribution in [0.3, 0.4) is 0 Å². The molecule has 0 atom stereocenters.